The Kier molecular flexibility index (Phi) is 5.69. The molecule has 0 spiro atoms. The number of benzene rings is 1. The number of hydrogen-bond acceptors (Lipinski definition) is 6. The molecule has 3 heterocycles. The molecule has 2 bridgehead atoms. The lowest BCUT2D eigenvalue weighted by Crippen LogP contribution is -2.56. The van der Waals surface area contributed by atoms with Crippen LogP contribution in [0.3, 0.4) is 0 Å². The van der Waals surface area contributed by atoms with Crippen molar-refractivity contribution < 1.29 is 19.5 Å². The SMILES string of the molecule is C[C@@H](c1ccc(C(=O)O)cc1)N1C(=O)[C@@H]2CC1CN2CC(N)C(=O)N1CCCC1C#N. The summed E-state index contributed by atoms with van der Waals surface area (Å²) in [6.45, 7) is 3.46. The molecule has 9 nitrogen and oxygen atoms in total. The number of amides is 2. The molecule has 3 aliphatic heterocycles. The second-order valence-electron chi connectivity index (χ2n) is 8.63. The van der Waals surface area contributed by atoms with Gasteiger partial charge in [0.1, 0.15) is 6.04 Å². The van der Waals surface area contributed by atoms with Crippen LogP contribution in [0.1, 0.15) is 48.1 Å². The standard InChI is InChI=1S/C22H27N5O4/c1-13(14-4-6-15(7-5-14)22(30)31)27-17-9-19(21(27)29)25(11-17)12-18(24)20(28)26-8-2-3-16(26)10-23/h4-7,13,16-19H,2-3,8-9,11-12,24H2,1H3,(H,30,31)/t13-,16?,17?,18?,19-/m0/s1. The molecule has 3 N–H and O–H groups in total. The molecule has 9 heteroatoms. The number of aromatic carboxylic acids is 1. The van der Waals surface area contributed by atoms with Crippen molar-refractivity contribution in [2.75, 3.05) is 19.6 Å². The largest absolute Gasteiger partial charge is 0.478 e. The zero-order valence-corrected chi connectivity index (χ0v) is 17.5. The van der Waals surface area contributed by atoms with Crippen LogP contribution in [0.2, 0.25) is 0 Å². The molecule has 0 saturated carbocycles. The van der Waals surface area contributed by atoms with Crippen LogP contribution in [0.4, 0.5) is 0 Å². The van der Waals surface area contributed by atoms with Gasteiger partial charge in [0.15, 0.2) is 0 Å². The van der Waals surface area contributed by atoms with E-state index in [-0.39, 0.29) is 35.5 Å². The molecule has 0 aliphatic carbocycles. The summed E-state index contributed by atoms with van der Waals surface area (Å²) >= 11 is 0. The van der Waals surface area contributed by atoms with E-state index in [1.54, 1.807) is 29.2 Å². The average Bonchev–Trinajstić information content (AvgIpc) is 3.47. The minimum Gasteiger partial charge on any atom is -0.478 e. The Labute approximate surface area is 181 Å². The summed E-state index contributed by atoms with van der Waals surface area (Å²) in [5.74, 6) is -1.18. The van der Waals surface area contributed by atoms with Crippen molar-refractivity contribution in [3.8, 4) is 6.07 Å². The van der Waals surface area contributed by atoms with Crippen molar-refractivity contribution in [1.29, 1.82) is 5.26 Å². The second-order valence-corrected chi connectivity index (χ2v) is 8.63. The summed E-state index contributed by atoms with van der Waals surface area (Å²) in [4.78, 5) is 42.3. The molecule has 3 aliphatic rings. The van der Waals surface area contributed by atoms with E-state index in [4.69, 9.17) is 10.8 Å². The Bertz CT molecular complexity index is 927. The number of nitrogens with zero attached hydrogens (tertiary/aromatic N) is 4. The number of nitrogens with two attached hydrogens (primary N) is 1. The van der Waals surface area contributed by atoms with E-state index in [1.807, 2.05) is 16.7 Å². The minimum atomic E-state index is -0.980. The van der Waals surface area contributed by atoms with Crippen LogP contribution >= 0.6 is 0 Å². The van der Waals surface area contributed by atoms with Gasteiger partial charge < -0.3 is 20.6 Å². The van der Waals surface area contributed by atoms with Crippen molar-refractivity contribution in [3.05, 3.63) is 35.4 Å². The molecule has 2 amide bonds. The van der Waals surface area contributed by atoms with Gasteiger partial charge in [-0.15, -0.1) is 0 Å². The molecule has 164 valence electrons. The van der Waals surface area contributed by atoms with Crippen LogP contribution in [0.15, 0.2) is 24.3 Å². The highest BCUT2D eigenvalue weighted by molar-refractivity contribution is 5.88. The first-order valence-electron chi connectivity index (χ1n) is 10.7. The number of carbonyl (C=O) groups excluding carboxylic acids is 2. The molecule has 1 aromatic carbocycles. The van der Waals surface area contributed by atoms with Gasteiger partial charge in [-0.1, -0.05) is 12.1 Å². The van der Waals surface area contributed by atoms with Gasteiger partial charge in [0, 0.05) is 25.7 Å². The number of piperazine rings is 1. The summed E-state index contributed by atoms with van der Waals surface area (Å²) in [5.41, 5.74) is 7.28. The predicted molar refractivity (Wildman–Crippen MR) is 111 cm³/mol. The molecule has 3 unspecified atom stereocenters. The molecule has 5 atom stereocenters. The second kappa shape index (κ2) is 8.29. The minimum absolute atomic E-state index is 0.0155. The number of rotatable bonds is 6. The van der Waals surface area contributed by atoms with Crippen LogP contribution in [-0.4, -0.2) is 81.4 Å². The molecule has 4 rings (SSSR count). The molecule has 1 aromatic rings. The van der Waals surface area contributed by atoms with Crippen molar-refractivity contribution in [1.82, 2.24) is 14.7 Å². The van der Waals surface area contributed by atoms with E-state index < -0.39 is 18.1 Å². The van der Waals surface area contributed by atoms with Crippen molar-refractivity contribution in [2.24, 2.45) is 5.73 Å². The Hall–Kier alpha value is -2.96. The Balaban J connectivity index is 1.39. The van der Waals surface area contributed by atoms with E-state index in [9.17, 15) is 19.6 Å². The normalized spacial score (nSPS) is 27.4. The van der Waals surface area contributed by atoms with Crippen LogP contribution < -0.4 is 5.73 Å². The van der Waals surface area contributed by atoms with Gasteiger partial charge in [0.25, 0.3) is 0 Å². The van der Waals surface area contributed by atoms with Gasteiger partial charge in [0.05, 0.1) is 29.8 Å². The molecular weight excluding hydrogens is 398 g/mol. The number of nitriles is 1. The fourth-order valence-corrected chi connectivity index (χ4v) is 5.17. The van der Waals surface area contributed by atoms with Crippen LogP contribution in [0.5, 0.6) is 0 Å². The van der Waals surface area contributed by atoms with Gasteiger partial charge in [-0.3, -0.25) is 14.5 Å². The highest BCUT2D eigenvalue weighted by Gasteiger charge is 2.51. The first-order valence-corrected chi connectivity index (χ1v) is 10.7. The lowest BCUT2D eigenvalue weighted by atomic mass is 10.0. The first-order chi connectivity index (χ1) is 14.8. The monoisotopic (exact) mass is 425 g/mol. The maximum absolute atomic E-state index is 13.1. The molecule has 3 fully saturated rings. The first kappa shape index (κ1) is 21.3. The maximum atomic E-state index is 13.1. The van der Waals surface area contributed by atoms with Crippen molar-refractivity contribution in [2.45, 2.75) is 56.4 Å². The average molecular weight is 425 g/mol. The third kappa shape index (κ3) is 3.77. The van der Waals surface area contributed by atoms with Gasteiger partial charge in [-0.2, -0.15) is 5.26 Å². The number of carboxylic acids is 1. The van der Waals surface area contributed by atoms with Crippen molar-refractivity contribution in [3.63, 3.8) is 0 Å². The number of likely N-dealkylation sites (tertiary alicyclic amines) is 3. The van der Waals surface area contributed by atoms with Gasteiger partial charge in [-0.25, -0.2) is 4.79 Å². The predicted octanol–water partition coefficient (Wildman–Crippen LogP) is 0.573. The third-order valence-corrected chi connectivity index (χ3v) is 6.80. The lowest BCUT2D eigenvalue weighted by Gasteiger charge is -2.38. The summed E-state index contributed by atoms with van der Waals surface area (Å²) < 4.78 is 0. The quantitative estimate of drug-likeness (QED) is 0.681. The Morgan fingerprint density at radius 3 is 2.65 bits per heavy atom. The molecule has 0 aromatic heterocycles. The van der Waals surface area contributed by atoms with E-state index in [2.05, 4.69) is 6.07 Å². The molecule has 3 saturated heterocycles. The van der Waals surface area contributed by atoms with E-state index in [1.165, 1.54) is 0 Å². The zero-order valence-electron chi connectivity index (χ0n) is 17.5. The molecular formula is C22H27N5O4. The number of carboxylic acid groups (broad SMARTS) is 1. The summed E-state index contributed by atoms with van der Waals surface area (Å²) in [7, 11) is 0. The molecule has 0 radical (unpaired) electrons. The fraction of sp³-hybridized carbons (Fsp3) is 0.545. The summed E-state index contributed by atoms with van der Waals surface area (Å²) in [5, 5.41) is 18.3. The highest BCUT2D eigenvalue weighted by atomic mass is 16.4. The highest BCUT2D eigenvalue weighted by Crippen LogP contribution is 2.38. The van der Waals surface area contributed by atoms with E-state index in [0.29, 0.717) is 32.5 Å². The van der Waals surface area contributed by atoms with Crippen LogP contribution in [-0.2, 0) is 9.59 Å². The number of carbonyl (C=O) groups is 3. The third-order valence-electron chi connectivity index (χ3n) is 6.80. The van der Waals surface area contributed by atoms with Gasteiger partial charge in [0.2, 0.25) is 11.8 Å². The summed E-state index contributed by atoms with van der Waals surface area (Å²) in [6, 6.07) is 7.19. The molecule has 31 heavy (non-hydrogen) atoms. The van der Waals surface area contributed by atoms with Gasteiger partial charge >= 0.3 is 5.97 Å². The Morgan fingerprint density at radius 1 is 1.32 bits per heavy atom. The Morgan fingerprint density at radius 2 is 2.03 bits per heavy atom. The van der Waals surface area contributed by atoms with Gasteiger partial charge in [-0.05, 0) is 43.9 Å². The number of fused-ring (bicyclic) bond motifs is 2. The van der Waals surface area contributed by atoms with E-state index >= 15 is 0 Å². The lowest BCUT2D eigenvalue weighted by molar-refractivity contribution is -0.141. The fourth-order valence-electron chi connectivity index (χ4n) is 5.17. The van der Waals surface area contributed by atoms with Crippen LogP contribution in [0, 0.1) is 11.3 Å². The smallest absolute Gasteiger partial charge is 0.335 e. The number of hydrogen-bond donors (Lipinski definition) is 2. The van der Waals surface area contributed by atoms with E-state index in [0.717, 1.165) is 12.0 Å². The maximum Gasteiger partial charge on any atom is 0.335 e. The van der Waals surface area contributed by atoms with Crippen LogP contribution in [0.25, 0.3) is 0 Å². The summed E-state index contributed by atoms with van der Waals surface area (Å²) in [6.07, 6.45) is 2.19. The zero-order chi connectivity index (χ0) is 22.3. The topological polar surface area (TPSA) is 131 Å². The van der Waals surface area contributed by atoms with Crippen molar-refractivity contribution >= 4 is 17.8 Å².